The van der Waals surface area contributed by atoms with E-state index in [0.29, 0.717) is 16.9 Å². The van der Waals surface area contributed by atoms with Crippen LogP contribution in [0.15, 0.2) is 99.6 Å². The summed E-state index contributed by atoms with van der Waals surface area (Å²) in [6.07, 6.45) is 0. The molecule has 4 amide bonds. The Hall–Kier alpha value is -2.71. The van der Waals surface area contributed by atoms with E-state index in [-0.39, 0.29) is 140 Å². The molecule has 23 heteroatoms. The van der Waals surface area contributed by atoms with Gasteiger partial charge in [-0.25, -0.2) is 16.8 Å². The largest absolute Gasteiger partial charge is 1.00 e. The van der Waals surface area contributed by atoms with Crippen LogP contribution in [-0.2, 0) is 34.4 Å². The monoisotopic (exact) mass is 876 g/mol. The minimum atomic E-state index is -5.42. The molecule has 5 aromatic carbocycles. The van der Waals surface area contributed by atoms with Crippen molar-refractivity contribution in [1.82, 2.24) is 0 Å². The number of carbonyl (C=O) groups excluding carboxylic acids is 4. The Morgan fingerprint density at radius 3 is 1.91 bits per heavy atom. The van der Waals surface area contributed by atoms with Gasteiger partial charge in [-0.3, -0.25) is 24.2 Å². The molecule has 0 unspecified atom stereocenters. The number of fused-ring (bicyclic) bond motifs is 1. The first-order valence-electron chi connectivity index (χ1n) is 15.5. The molecule has 4 N–H and O–H groups in total. The zero-order valence-electron chi connectivity index (χ0n) is 31.6. The molecule has 0 atom stereocenters. The van der Waals surface area contributed by atoms with Crippen molar-refractivity contribution < 1.29 is 148 Å². The minimum absolute atomic E-state index is 0. The van der Waals surface area contributed by atoms with Gasteiger partial charge in [0.2, 0.25) is 5.91 Å². The topological polar surface area (TPSA) is 272 Å². The third-order valence-corrected chi connectivity index (χ3v) is 10.1. The Kier molecular flexibility index (Phi) is 19.2. The normalized spacial score (nSPS) is 10.9. The third-order valence-electron chi connectivity index (χ3n) is 7.82. The van der Waals surface area contributed by atoms with Crippen LogP contribution >= 0.6 is 12.0 Å². The molecule has 0 saturated heterocycles. The number of hydrogen-bond donors (Lipinski definition) is 4. The smallest absolute Gasteiger partial charge is 0.744 e. The van der Waals surface area contributed by atoms with E-state index in [2.05, 4.69) is 30.6 Å². The second-order valence-electron chi connectivity index (χ2n) is 11.8. The first-order valence-corrected chi connectivity index (χ1v) is 19.1. The van der Waals surface area contributed by atoms with E-state index in [4.69, 9.17) is 0 Å². The Bertz CT molecular complexity index is 2630. The van der Waals surface area contributed by atoms with Crippen molar-refractivity contribution in [3.63, 3.8) is 0 Å². The maximum Gasteiger partial charge on any atom is 1.00 e. The number of amides is 4. The van der Waals surface area contributed by atoms with Gasteiger partial charge in [0.25, 0.3) is 17.7 Å². The summed E-state index contributed by atoms with van der Waals surface area (Å²) in [6, 6.07) is 18.3. The fraction of sp³-hybridized carbons (Fsp3) is 0.0857. The van der Waals surface area contributed by atoms with E-state index in [9.17, 15) is 50.4 Å². The van der Waals surface area contributed by atoms with Gasteiger partial charge in [-0.1, -0.05) is 18.2 Å². The van der Waals surface area contributed by atoms with Gasteiger partial charge in [0.05, 0.1) is 38.8 Å². The van der Waals surface area contributed by atoms with Crippen LogP contribution in [0.25, 0.3) is 10.8 Å². The van der Waals surface area contributed by atoms with Gasteiger partial charge in [0.15, 0.2) is 0 Å². The number of rotatable bonds is 12. The quantitative estimate of drug-likeness (QED) is 0.0302. The average molecular weight is 877 g/mol. The molecular weight excluding hydrogens is 850 g/mol. The van der Waals surface area contributed by atoms with Crippen molar-refractivity contribution in [1.29, 1.82) is 0 Å². The van der Waals surface area contributed by atoms with E-state index >= 15 is 0 Å². The summed E-state index contributed by atoms with van der Waals surface area (Å²) in [4.78, 5) is 49.4. The zero-order chi connectivity index (χ0) is 40.2. The zero-order valence-corrected chi connectivity index (χ0v) is 40.1. The Balaban J connectivity index is 0.00000387. The predicted molar refractivity (Wildman–Crippen MR) is 195 cm³/mol. The van der Waals surface area contributed by atoms with E-state index in [0.717, 1.165) is 29.8 Å². The van der Waals surface area contributed by atoms with E-state index in [1.165, 1.54) is 43.3 Å². The summed E-state index contributed by atoms with van der Waals surface area (Å²) >= 11 is 0.124. The van der Waals surface area contributed by atoms with E-state index in [1.54, 1.807) is 38.1 Å². The first-order chi connectivity index (χ1) is 25.8. The molecule has 5 aromatic rings. The van der Waals surface area contributed by atoms with Crippen molar-refractivity contribution in [3.8, 4) is 0 Å². The second-order valence-corrected chi connectivity index (χ2v) is 15.3. The molecule has 5 rings (SSSR count). The number of aryl methyl sites for hydroxylation is 2. The molecular formula is C35H27N4Na3O13S3. The van der Waals surface area contributed by atoms with Gasteiger partial charge in [0, 0.05) is 45.1 Å². The molecule has 0 aromatic heterocycles. The van der Waals surface area contributed by atoms with Crippen LogP contribution in [0.1, 0.15) is 49.1 Å². The van der Waals surface area contributed by atoms with Crippen LogP contribution in [0.5, 0.6) is 0 Å². The number of carbonyl (C=O) groups is 4. The predicted octanol–water partition coefficient (Wildman–Crippen LogP) is -4.78. The molecule has 0 aliphatic rings. The van der Waals surface area contributed by atoms with Crippen molar-refractivity contribution in [2.45, 2.75) is 35.5 Å². The summed E-state index contributed by atoms with van der Waals surface area (Å²) in [7, 11) is -10.7. The van der Waals surface area contributed by atoms with Gasteiger partial charge >= 0.3 is 88.7 Å². The van der Waals surface area contributed by atoms with Crippen LogP contribution in [-0.4, -0.2) is 49.6 Å². The fourth-order valence-corrected chi connectivity index (χ4v) is 7.31. The molecule has 0 radical (unpaired) electrons. The molecule has 0 aliphatic carbocycles. The fourth-order valence-electron chi connectivity index (χ4n) is 5.39. The summed E-state index contributed by atoms with van der Waals surface area (Å²) < 4.78 is 77.3. The molecule has 286 valence electrons. The van der Waals surface area contributed by atoms with Gasteiger partial charge < -0.3 is 35.6 Å². The van der Waals surface area contributed by atoms with Gasteiger partial charge in [-0.05, 0) is 91.7 Å². The number of anilines is 4. The standard InChI is InChI=1S/C35H30N4O13S3.3Na/c1-18-7-10-25(29(13-18)36-20(3)40)35(43)39-28-15-22(9-8-19(28)2)33(41)37-23-6-4-5-21(14-23)34(42)38-27-11-12-30(54(45,46)47)26-16-24(53-52-51-44)17-31(32(26)27)55(48,49)50;;;/h4-17,44H,1-3H3,(H,36,40)(H,37,41)(H,38,42)(H,39,43)(H,45,46,47)(H,48,49,50);;;/q;3*+1/p-3. The summed E-state index contributed by atoms with van der Waals surface area (Å²) in [5.74, 6) is -2.44. The molecule has 0 saturated carbocycles. The molecule has 17 nitrogen and oxygen atoms in total. The molecule has 0 spiro atoms. The Morgan fingerprint density at radius 2 is 1.28 bits per heavy atom. The molecule has 0 fully saturated rings. The SMILES string of the molecule is CC(=O)Nc1cc(C)ccc1C(=O)Nc1cc(C(=O)Nc2cccc(C(=O)Nc3ccc(S(=O)(=O)[O-])c4cc(SOO[O-])cc(S(=O)(=O)[O-])c34)c2)ccc1C.[Na+].[Na+].[Na+]. The van der Waals surface area contributed by atoms with Crippen molar-refractivity contribution in [3.05, 3.63) is 113 Å². The van der Waals surface area contributed by atoms with Crippen LogP contribution < -0.4 is 115 Å². The molecule has 58 heavy (non-hydrogen) atoms. The number of nitrogens with one attached hydrogen (secondary N) is 4. The third kappa shape index (κ3) is 12.9. The first kappa shape index (κ1) is 51.4. The van der Waals surface area contributed by atoms with Crippen LogP contribution in [0.4, 0.5) is 22.7 Å². The number of benzene rings is 5. The molecule has 0 aliphatic heterocycles. The summed E-state index contributed by atoms with van der Waals surface area (Å²) in [6.45, 7) is 4.83. The summed E-state index contributed by atoms with van der Waals surface area (Å²) in [5, 5.41) is 22.8. The van der Waals surface area contributed by atoms with Crippen LogP contribution in [0, 0.1) is 13.8 Å². The van der Waals surface area contributed by atoms with Gasteiger partial charge in [-0.15, -0.1) is 0 Å². The number of hydrogen-bond acceptors (Lipinski definition) is 14. The maximum atomic E-state index is 13.5. The second kappa shape index (κ2) is 21.7. The maximum absolute atomic E-state index is 13.5. The Morgan fingerprint density at radius 1 is 0.638 bits per heavy atom. The average Bonchev–Trinajstić information content (AvgIpc) is 3.10. The van der Waals surface area contributed by atoms with E-state index < -0.39 is 58.5 Å². The summed E-state index contributed by atoms with van der Waals surface area (Å²) in [5.41, 5.74) is 2.04. The van der Waals surface area contributed by atoms with Gasteiger partial charge in [0.1, 0.15) is 20.2 Å². The van der Waals surface area contributed by atoms with Crippen molar-refractivity contribution in [2.24, 2.45) is 0 Å². The van der Waals surface area contributed by atoms with Crippen LogP contribution in [0.2, 0.25) is 0 Å². The molecule has 0 bridgehead atoms. The molecule has 0 heterocycles. The minimum Gasteiger partial charge on any atom is -0.744 e. The van der Waals surface area contributed by atoms with Gasteiger partial charge in [-0.2, -0.15) is 4.33 Å². The van der Waals surface area contributed by atoms with E-state index in [1.807, 2.05) is 0 Å². The van der Waals surface area contributed by atoms with Crippen molar-refractivity contribution >= 4 is 89.4 Å². The Labute approximate surface area is 402 Å². The van der Waals surface area contributed by atoms with Crippen molar-refractivity contribution in [2.75, 3.05) is 21.3 Å². The van der Waals surface area contributed by atoms with Crippen LogP contribution in [0.3, 0.4) is 0 Å².